The molecule has 120 valence electrons. The Labute approximate surface area is 127 Å². The standard InChI is InChI=1S/C15H25NO4S/c1-4-5-7-20-8-6-16-21(18,19)15-10-14(11-17)9-12(2)13(15)3/h9-10,16-17H,4-8,11H2,1-3H3. The van der Waals surface area contributed by atoms with Gasteiger partial charge in [-0.05, 0) is 43.0 Å². The van der Waals surface area contributed by atoms with Crippen LogP contribution < -0.4 is 4.72 Å². The molecule has 0 aromatic heterocycles. The number of nitrogens with one attached hydrogen (secondary N) is 1. The van der Waals surface area contributed by atoms with E-state index in [1.165, 1.54) is 6.07 Å². The van der Waals surface area contributed by atoms with E-state index in [1.54, 1.807) is 13.0 Å². The van der Waals surface area contributed by atoms with Gasteiger partial charge in [0.15, 0.2) is 0 Å². The van der Waals surface area contributed by atoms with Gasteiger partial charge in [-0.25, -0.2) is 13.1 Å². The first-order valence-electron chi connectivity index (χ1n) is 7.20. The van der Waals surface area contributed by atoms with Crippen LogP contribution >= 0.6 is 0 Å². The Morgan fingerprint density at radius 2 is 1.95 bits per heavy atom. The highest BCUT2D eigenvalue weighted by molar-refractivity contribution is 7.89. The molecule has 0 heterocycles. The van der Waals surface area contributed by atoms with Crippen molar-refractivity contribution in [2.75, 3.05) is 19.8 Å². The monoisotopic (exact) mass is 315 g/mol. The molecule has 0 atom stereocenters. The second kappa shape index (κ2) is 8.48. The number of unbranched alkanes of at least 4 members (excludes halogenated alkanes) is 1. The van der Waals surface area contributed by atoms with Gasteiger partial charge in [-0.15, -0.1) is 0 Å². The second-order valence-corrected chi connectivity index (χ2v) is 6.79. The van der Waals surface area contributed by atoms with Gasteiger partial charge in [-0.1, -0.05) is 19.4 Å². The SMILES string of the molecule is CCCCOCCNS(=O)(=O)c1cc(CO)cc(C)c1C. The van der Waals surface area contributed by atoms with Crippen molar-refractivity contribution >= 4 is 10.0 Å². The molecule has 1 rings (SSSR count). The van der Waals surface area contributed by atoms with Crippen LogP contribution in [0.15, 0.2) is 17.0 Å². The van der Waals surface area contributed by atoms with Crippen LogP contribution in [0.1, 0.15) is 36.5 Å². The van der Waals surface area contributed by atoms with Crippen molar-refractivity contribution in [1.29, 1.82) is 0 Å². The van der Waals surface area contributed by atoms with E-state index in [2.05, 4.69) is 11.6 Å². The maximum absolute atomic E-state index is 12.3. The van der Waals surface area contributed by atoms with Crippen LogP contribution in [-0.4, -0.2) is 33.3 Å². The summed E-state index contributed by atoms with van der Waals surface area (Å²) in [7, 11) is -3.58. The van der Waals surface area contributed by atoms with Gasteiger partial charge >= 0.3 is 0 Å². The molecule has 0 amide bonds. The van der Waals surface area contributed by atoms with Crippen molar-refractivity contribution in [3.63, 3.8) is 0 Å². The molecule has 21 heavy (non-hydrogen) atoms. The van der Waals surface area contributed by atoms with Crippen molar-refractivity contribution in [2.24, 2.45) is 0 Å². The molecule has 1 aromatic carbocycles. The normalized spacial score (nSPS) is 11.8. The van der Waals surface area contributed by atoms with Crippen LogP contribution in [-0.2, 0) is 21.4 Å². The van der Waals surface area contributed by atoms with E-state index >= 15 is 0 Å². The van der Waals surface area contributed by atoms with E-state index in [4.69, 9.17) is 4.74 Å². The number of aryl methyl sites for hydroxylation is 1. The van der Waals surface area contributed by atoms with E-state index in [1.807, 2.05) is 6.92 Å². The zero-order valence-corrected chi connectivity index (χ0v) is 13.8. The summed E-state index contributed by atoms with van der Waals surface area (Å²) in [5.74, 6) is 0. The number of sulfonamides is 1. The third-order valence-corrected chi connectivity index (χ3v) is 4.92. The third kappa shape index (κ3) is 5.39. The number of aliphatic hydroxyl groups excluding tert-OH is 1. The number of benzene rings is 1. The molecule has 0 unspecified atom stereocenters. The van der Waals surface area contributed by atoms with E-state index in [0.717, 1.165) is 18.4 Å². The molecule has 0 aliphatic rings. The van der Waals surface area contributed by atoms with Gasteiger partial charge < -0.3 is 9.84 Å². The van der Waals surface area contributed by atoms with Crippen LogP contribution in [0.4, 0.5) is 0 Å². The Morgan fingerprint density at radius 1 is 1.24 bits per heavy atom. The van der Waals surface area contributed by atoms with Crippen molar-refractivity contribution in [3.05, 3.63) is 28.8 Å². The van der Waals surface area contributed by atoms with Crippen molar-refractivity contribution in [1.82, 2.24) is 4.72 Å². The molecule has 0 spiro atoms. The average molecular weight is 315 g/mol. The minimum absolute atomic E-state index is 0.177. The molecule has 0 fully saturated rings. The molecule has 6 heteroatoms. The van der Waals surface area contributed by atoms with Gasteiger partial charge in [0.1, 0.15) is 0 Å². The van der Waals surface area contributed by atoms with Crippen molar-refractivity contribution in [2.45, 2.75) is 45.1 Å². The van der Waals surface area contributed by atoms with Gasteiger partial charge in [-0.3, -0.25) is 0 Å². The average Bonchev–Trinajstić information content (AvgIpc) is 2.45. The molecule has 2 N–H and O–H groups in total. The Morgan fingerprint density at radius 3 is 2.57 bits per heavy atom. The van der Waals surface area contributed by atoms with Gasteiger partial charge in [-0.2, -0.15) is 0 Å². The highest BCUT2D eigenvalue weighted by atomic mass is 32.2. The number of hydrogen-bond donors (Lipinski definition) is 2. The summed E-state index contributed by atoms with van der Waals surface area (Å²) in [4.78, 5) is 0.222. The second-order valence-electron chi connectivity index (χ2n) is 5.06. The van der Waals surface area contributed by atoms with E-state index in [9.17, 15) is 13.5 Å². The number of aliphatic hydroxyl groups is 1. The van der Waals surface area contributed by atoms with Gasteiger partial charge in [0.2, 0.25) is 10.0 Å². The fraction of sp³-hybridized carbons (Fsp3) is 0.600. The van der Waals surface area contributed by atoms with Crippen molar-refractivity contribution < 1.29 is 18.3 Å². The molecular weight excluding hydrogens is 290 g/mol. The Balaban J connectivity index is 2.72. The molecular formula is C15H25NO4S. The smallest absolute Gasteiger partial charge is 0.240 e. The lowest BCUT2D eigenvalue weighted by molar-refractivity contribution is 0.136. The highest BCUT2D eigenvalue weighted by Gasteiger charge is 2.18. The lowest BCUT2D eigenvalue weighted by Crippen LogP contribution is -2.28. The molecule has 5 nitrogen and oxygen atoms in total. The zero-order chi connectivity index (χ0) is 15.9. The lowest BCUT2D eigenvalue weighted by atomic mass is 10.1. The minimum Gasteiger partial charge on any atom is -0.392 e. The summed E-state index contributed by atoms with van der Waals surface area (Å²) in [6, 6.07) is 3.31. The largest absolute Gasteiger partial charge is 0.392 e. The van der Waals surface area contributed by atoms with E-state index in [0.29, 0.717) is 24.3 Å². The van der Waals surface area contributed by atoms with E-state index < -0.39 is 10.0 Å². The van der Waals surface area contributed by atoms with Crippen LogP contribution in [0.5, 0.6) is 0 Å². The number of ether oxygens (including phenoxy) is 1. The summed E-state index contributed by atoms with van der Waals surface area (Å²) in [6.07, 6.45) is 2.03. The lowest BCUT2D eigenvalue weighted by Gasteiger charge is -2.13. The Kier molecular flexibility index (Phi) is 7.31. The fourth-order valence-corrected chi connectivity index (χ4v) is 3.32. The summed E-state index contributed by atoms with van der Waals surface area (Å²) < 4.78 is 32.5. The maximum Gasteiger partial charge on any atom is 0.240 e. The van der Waals surface area contributed by atoms with Crippen LogP contribution in [0, 0.1) is 13.8 Å². The van der Waals surface area contributed by atoms with Crippen LogP contribution in [0.2, 0.25) is 0 Å². The summed E-state index contributed by atoms with van der Waals surface area (Å²) in [5, 5.41) is 9.20. The molecule has 0 aliphatic heterocycles. The third-order valence-electron chi connectivity index (χ3n) is 3.33. The quantitative estimate of drug-likeness (QED) is 0.682. The first kappa shape index (κ1) is 18.1. The maximum atomic E-state index is 12.3. The number of hydrogen-bond acceptors (Lipinski definition) is 4. The van der Waals surface area contributed by atoms with Gasteiger partial charge in [0.05, 0.1) is 18.1 Å². The highest BCUT2D eigenvalue weighted by Crippen LogP contribution is 2.21. The summed E-state index contributed by atoms with van der Waals surface area (Å²) >= 11 is 0. The van der Waals surface area contributed by atoms with Crippen molar-refractivity contribution in [3.8, 4) is 0 Å². The molecule has 0 saturated carbocycles. The molecule has 0 radical (unpaired) electrons. The van der Waals surface area contributed by atoms with Gasteiger partial charge in [0.25, 0.3) is 0 Å². The van der Waals surface area contributed by atoms with E-state index in [-0.39, 0.29) is 18.0 Å². The summed E-state index contributed by atoms with van der Waals surface area (Å²) in [6.45, 7) is 6.75. The van der Waals surface area contributed by atoms with Crippen LogP contribution in [0.25, 0.3) is 0 Å². The first-order valence-corrected chi connectivity index (χ1v) is 8.69. The molecule has 0 bridgehead atoms. The minimum atomic E-state index is -3.58. The number of rotatable bonds is 9. The first-order chi connectivity index (χ1) is 9.92. The van der Waals surface area contributed by atoms with Crippen LogP contribution in [0.3, 0.4) is 0 Å². The predicted molar refractivity (Wildman–Crippen MR) is 82.8 cm³/mol. The molecule has 0 aliphatic carbocycles. The molecule has 0 saturated heterocycles. The zero-order valence-electron chi connectivity index (χ0n) is 13.0. The topological polar surface area (TPSA) is 75.6 Å². The summed E-state index contributed by atoms with van der Waals surface area (Å²) in [5.41, 5.74) is 2.14. The molecule has 1 aromatic rings. The van der Waals surface area contributed by atoms with Gasteiger partial charge in [0, 0.05) is 13.2 Å². The fourth-order valence-electron chi connectivity index (χ4n) is 1.94. The Bertz CT molecular complexity index is 555. The Hall–Kier alpha value is -0.950. The predicted octanol–water partition coefficient (Wildman–Crippen LogP) is 1.89.